The van der Waals surface area contributed by atoms with Gasteiger partial charge in [-0.3, -0.25) is 9.59 Å². The molecule has 1 heterocycles. The summed E-state index contributed by atoms with van der Waals surface area (Å²) in [6.45, 7) is 0.150. The SMILES string of the molecule is O=C(NCCNC(=O)c1cnn(-c2cccc(C(F)(F)F)c2)c1C1CC1)c1ccccc1F. The van der Waals surface area contributed by atoms with Crippen molar-refractivity contribution < 1.29 is 27.2 Å². The molecule has 4 rings (SSSR count). The van der Waals surface area contributed by atoms with Gasteiger partial charge in [0.05, 0.1) is 34.3 Å². The Morgan fingerprint density at radius 1 is 0.970 bits per heavy atom. The zero-order chi connectivity index (χ0) is 23.6. The molecule has 0 aliphatic heterocycles. The highest BCUT2D eigenvalue weighted by Crippen LogP contribution is 2.42. The highest BCUT2D eigenvalue weighted by molar-refractivity contribution is 5.96. The van der Waals surface area contributed by atoms with E-state index in [1.807, 2.05) is 0 Å². The number of carbonyl (C=O) groups excluding carboxylic acids is 2. The largest absolute Gasteiger partial charge is 0.416 e. The number of rotatable bonds is 7. The minimum atomic E-state index is -4.49. The Kier molecular flexibility index (Phi) is 6.17. The van der Waals surface area contributed by atoms with Crippen molar-refractivity contribution in [2.24, 2.45) is 0 Å². The first-order valence-corrected chi connectivity index (χ1v) is 10.3. The molecule has 1 fully saturated rings. The Balaban J connectivity index is 1.43. The number of aromatic nitrogens is 2. The average Bonchev–Trinajstić information content (AvgIpc) is 3.53. The zero-order valence-electron chi connectivity index (χ0n) is 17.3. The summed E-state index contributed by atoms with van der Waals surface area (Å²) in [7, 11) is 0. The van der Waals surface area contributed by atoms with Crippen molar-refractivity contribution in [3.05, 3.63) is 82.9 Å². The van der Waals surface area contributed by atoms with Crippen LogP contribution in [0.5, 0.6) is 0 Å². The van der Waals surface area contributed by atoms with Crippen molar-refractivity contribution in [2.45, 2.75) is 24.9 Å². The fourth-order valence-corrected chi connectivity index (χ4v) is 3.49. The third kappa shape index (κ3) is 5.05. The number of amides is 2. The second-order valence-electron chi connectivity index (χ2n) is 7.67. The Morgan fingerprint density at radius 3 is 2.27 bits per heavy atom. The summed E-state index contributed by atoms with van der Waals surface area (Å²) in [6, 6.07) is 10.3. The summed E-state index contributed by atoms with van der Waals surface area (Å²) in [5.41, 5.74) is 0.163. The molecule has 0 atom stereocenters. The molecule has 6 nitrogen and oxygen atoms in total. The summed E-state index contributed by atoms with van der Waals surface area (Å²) >= 11 is 0. The van der Waals surface area contributed by atoms with Gasteiger partial charge in [-0.05, 0) is 43.2 Å². The van der Waals surface area contributed by atoms with Gasteiger partial charge >= 0.3 is 6.18 Å². The smallest absolute Gasteiger partial charge is 0.350 e. The molecule has 1 aromatic heterocycles. The molecule has 0 unspecified atom stereocenters. The highest BCUT2D eigenvalue weighted by atomic mass is 19.4. The second kappa shape index (κ2) is 9.05. The van der Waals surface area contributed by atoms with Gasteiger partial charge in [-0.2, -0.15) is 18.3 Å². The molecule has 2 amide bonds. The molecule has 0 spiro atoms. The van der Waals surface area contributed by atoms with Crippen LogP contribution in [0.15, 0.2) is 54.7 Å². The van der Waals surface area contributed by atoms with Crippen LogP contribution in [0.1, 0.15) is 50.7 Å². The molecule has 1 saturated carbocycles. The first-order valence-electron chi connectivity index (χ1n) is 10.3. The van der Waals surface area contributed by atoms with Crippen LogP contribution in [-0.2, 0) is 6.18 Å². The molecule has 0 bridgehead atoms. The topological polar surface area (TPSA) is 76.0 Å². The van der Waals surface area contributed by atoms with Crippen LogP contribution in [0.3, 0.4) is 0 Å². The molecule has 172 valence electrons. The van der Waals surface area contributed by atoms with E-state index < -0.39 is 29.4 Å². The van der Waals surface area contributed by atoms with E-state index in [9.17, 15) is 27.2 Å². The molecule has 2 N–H and O–H groups in total. The molecule has 2 aromatic carbocycles. The number of nitrogens with one attached hydrogen (secondary N) is 2. The van der Waals surface area contributed by atoms with E-state index in [4.69, 9.17) is 0 Å². The van der Waals surface area contributed by atoms with Gasteiger partial charge in [-0.25, -0.2) is 9.07 Å². The maximum absolute atomic E-state index is 13.7. The Morgan fingerprint density at radius 2 is 1.64 bits per heavy atom. The minimum absolute atomic E-state index is 0.0311. The van der Waals surface area contributed by atoms with Crippen molar-refractivity contribution >= 4 is 11.8 Å². The highest BCUT2D eigenvalue weighted by Gasteiger charge is 2.34. The van der Waals surface area contributed by atoms with Crippen LogP contribution in [0.25, 0.3) is 5.69 Å². The van der Waals surface area contributed by atoms with Crippen molar-refractivity contribution in [1.29, 1.82) is 0 Å². The van der Waals surface area contributed by atoms with Crippen LogP contribution < -0.4 is 10.6 Å². The molecule has 10 heteroatoms. The predicted molar refractivity (Wildman–Crippen MR) is 112 cm³/mol. The van der Waals surface area contributed by atoms with Gasteiger partial charge in [0.1, 0.15) is 5.82 Å². The number of hydrogen-bond acceptors (Lipinski definition) is 3. The number of nitrogens with zero attached hydrogens (tertiary/aromatic N) is 2. The van der Waals surface area contributed by atoms with Gasteiger partial charge in [-0.1, -0.05) is 18.2 Å². The number of carbonyl (C=O) groups is 2. The number of alkyl halides is 3. The maximum atomic E-state index is 13.7. The lowest BCUT2D eigenvalue weighted by Crippen LogP contribution is -2.35. The minimum Gasteiger partial charge on any atom is -0.350 e. The Labute approximate surface area is 186 Å². The van der Waals surface area contributed by atoms with Crippen LogP contribution in [-0.4, -0.2) is 34.7 Å². The van der Waals surface area contributed by atoms with Crippen LogP contribution in [0.4, 0.5) is 17.6 Å². The normalized spacial score (nSPS) is 13.6. The summed E-state index contributed by atoms with van der Waals surface area (Å²) < 4.78 is 54.3. The van der Waals surface area contributed by atoms with E-state index in [2.05, 4.69) is 15.7 Å². The molecule has 1 aliphatic carbocycles. The van der Waals surface area contributed by atoms with Gasteiger partial charge < -0.3 is 10.6 Å². The first kappa shape index (κ1) is 22.5. The van der Waals surface area contributed by atoms with Crippen molar-refractivity contribution in [3.63, 3.8) is 0 Å². The number of benzene rings is 2. The molecule has 1 aliphatic rings. The quantitative estimate of drug-likeness (QED) is 0.412. The molecule has 33 heavy (non-hydrogen) atoms. The number of halogens is 4. The second-order valence-corrected chi connectivity index (χ2v) is 7.67. The lowest BCUT2D eigenvalue weighted by Gasteiger charge is -2.12. The molecule has 0 radical (unpaired) electrons. The van der Waals surface area contributed by atoms with Gasteiger partial charge in [0.15, 0.2) is 0 Å². The van der Waals surface area contributed by atoms with E-state index >= 15 is 0 Å². The molecular formula is C23H20F4N4O2. The lowest BCUT2D eigenvalue weighted by molar-refractivity contribution is -0.137. The van der Waals surface area contributed by atoms with Crippen LogP contribution in [0, 0.1) is 5.82 Å². The van der Waals surface area contributed by atoms with Gasteiger partial charge in [0.2, 0.25) is 0 Å². The Hall–Kier alpha value is -3.69. The monoisotopic (exact) mass is 460 g/mol. The van der Waals surface area contributed by atoms with Crippen molar-refractivity contribution in [3.8, 4) is 5.69 Å². The fourth-order valence-electron chi connectivity index (χ4n) is 3.49. The summed E-state index contributed by atoms with van der Waals surface area (Å²) in [6.07, 6.45) is -1.54. The zero-order valence-corrected chi connectivity index (χ0v) is 17.3. The van der Waals surface area contributed by atoms with E-state index in [1.54, 1.807) is 6.07 Å². The fraction of sp³-hybridized carbons (Fsp3) is 0.261. The summed E-state index contributed by atoms with van der Waals surface area (Å²) in [5.74, 6) is -1.66. The lowest BCUT2D eigenvalue weighted by atomic mass is 10.1. The third-order valence-electron chi connectivity index (χ3n) is 5.25. The van der Waals surface area contributed by atoms with Gasteiger partial charge in [0, 0.05) is 19.0 Å². The van der Waals surface area contributed by atoms with Crippen molar-refractivity contribution in [2.75, 3.05) is 13.1 Å². The van der Waals surface area contributed by atoms with Gasteiger partial charge in [-0.15, -0.1) is 0 Å². The van der Waals surface area contributed by atoms with Crippen LogP contribution in [0.2, 0.25) is 0 Å². The van der Waals surface area contributed by atoms with E-state index in [0.717, 1.165) is 25.0 Å². The van der Waals surface area contributed by atoms with E-state index in [-0.39, 0.29) is 35.8 Å². The standard InChI is InChI=1S/C23H20F4N4O2/c24-19-7-2-1-6-17(19)21(32)28-10-11-29-22(33)18-13-30-31(20(18)14-8-9-14)16-5-3-4-15(12-16)23(25,26)27/h1-7,12-14H,8-11H2,(H,28,32)(H,29,33). The first-order chi connectivity index (χ1) is 15.8. The summed E-state index contributed by atoms with van der Waals surface area (Å²) in [4.78, 5) is 24.8. The molecule has 0 saturated heterocycles. The number of hydrogen-bond donors (Lipinski definition) is 2. The average molecular weight is 460 g/mol. The maximum Gasteiger partial charge on any atom is 0.416 e. The van der Waals surface area contributed by atoms with E-state index in [0.29, 0.717) is 5.69 Å². The molecular weight excluding hydrogens is 440 g/mol. The third-order valence-corrected chi connectivity index (χ3v) is 5.25. The van der Waals surface area contributed by atoms with Gasteiger partial charge in [0.25, 0.3) is 11.8 Å². The molecule has 3 aromatic rings. The Bertz CT molecular complexity index is 1190. The van der Waals surface area contributed by atoms with Crippen molar-refractivity contribution in [1.82, 2.24) is 20.4 Å². The van der Waals surface area contributed by atoms with Crippen LogP contribution >= 0.6 is 0 Å². The van der Waals surface area contributed by atoms with E-state index in [1.165, 1.54) is 41.2 Å². The summed E-state index contributed by atoms with van der Waals surface area (Å²) in [5, 5.41) is 9.36. The predicted octanol–water partition coefficient (Wildman–Crippen LogP) is 4.07.